The highest BCUT2D eigenvalue weighted by Gasteiger charge is 2.07. The molecule has 0 fully saturated rings. The molecule has 0 spiro atoms. The zero-order chi connectivity index (χ0) is 10.8. The van der Waals surface area contributed by atoms with Gasteiger partial charge < -0.3 is 10.8 Å². The Morgan fingerprint density at radius 2 is 1.73 bits per heavy atom. The molecule has 0 heterocycles. The van der Waals surface area contributed by atoms with Crippen molar-refractivity contribution < 1.29 is 9.50 Å². The Morgan fingerprint density at radius 3 is 2.40 bits per heavy atom. The summed E-state index contributed by atoms with van der Waals surface area (Å²) in [6.07, 6.45) is 0. The van der Waals surface area contributed by atoms with E-state index in [0.29, 0.717) is 16.8 Å². The normalized spacial score (nSPS) is 10.2. The minimum atomic E-state index is -0.324. The molecule has 0 aliphatic heterocycles. The van der Waals surface area contributed by atoms with Gasteiger partial charge in [-0.15, -0.1) is 0 Å². The van der Waals surface area contributed by atoms with Crippen LogP contribution in [0.1, 0.15) is 0 Å². The van der Waals surface area contributed by atoms with Crippen LogP contribution in [0, 0.1) is 5.82 Å². The van der Waals surface area contributed by atoms with Crippen molar-refractivity contribution in [3.8, 4) is 16.9 Å². The molecule has 0 radical (unpaired) electrons. The number of nitrogen functional groups attached to an aromatic ring is 1. The summed E-state index contributed by atoms with van der Waals surface area (Å²) in [6, 6.07) is 10.9. The maximum absolute atomic E-state index is 13.4. The van der Waals surface area contributed by atoms with Crippen LogP contribution in [0.5, 0.6) is 5.75 Å². The van der Waals surface area contributed by atoms with Gasteiger partial charge in [-0.1, -0.05) is 18.2 Å². The summed E-state index contributed by atoms with van der Waals surface area (Å²) < 4.78 is 13.4. The number of hydrogen-bond acceptors (Lipinski definition) is 2. The number of aromatic hydroxyl groups is 1. The maximum Gasteiger partial charge on any atom is 0.131 e. The predicted molar refractivity (Wildman–Crippen MR) is 57.9 cm³/mol. The summed E-state index contributed by atoms with van der Waals surface area (Å²) in [7, 11) is 0. The van der Waals surface area contributed by atoms with Gasteiger partial charge >= 0.3 is 0 Å². The third-order valence-corrected chi connectivity index (χ3v) is 2.20. The lowest BCUT2D eigenvalue weighted by atomic mass is 10.0. The molecule has 2 aromatic rings. The van der Waals surface area contributed by atoms with Gasteiger partial charge in [0.25, 0.3) is 0 Å². The summed E-state index contributed by atoms with van der Waals surface area (Å²) in [4.78, 5) is 0. The van der Waals surface area contributed by atoms with Crippen molar-refractivity contribution in [1.82, 2.24) is 0 Å². The van der Waals surface area contributed by atoms with Crippen molar-refractivity contribution in [2.75, 3.05) is 5.73 Å². The first kappa shape index (κ1) is 9.52. The van der Waals surface area contributed by atoms with Crippen LogP contribution in [0.2, 0.25) is 0 Å². The standard InChI is InChI=1S/C12H10FNO/c13-11-4-2-1-3-9(11)10-6-5-8(15)7-12(10)14/h1-7,15H,14H2. The van der Waals surface area contributed by atoms with Gasteiger partial charge in [-0.05, 0) is 18.2 Å². The van der Waals surface area contributed by atoms with Crippen molar-refractivity contribution in [2.45, 2.75) is 0 Å². The first-order valence-electron chi connectivity index (χ1n) is 4.52. The molecule has 76 valence electrons. The fraction of sp³-hybridized carbons (Fsp3) is 0. The first-order valence-corrected chi connectivity index (χ1v) is 4.52. The van der Waals surface area contributed by atoms with Crippen LogP contribution in [0.25, 0.3) is 11.1 Å². The van der Waals surface area contributed by atoms with Gasteiger partial charge in [0.2, 0.25) is 0 Å². The van der Waals surface area contributed by atoms with E-state index in [4.69, 9.17) is 5.73 Å². The molecule has 0 unspecified atom stereocenters. The molecule has 15 heavy (non-hydrogen) atoms. The summed E-state index contributed by atoms with van der Waals surface area (Å²) in [6.45, 7) is 0. The Balaban J connectivity index is 2.60. The van der Waals surface area contributed by atoms with Crippen LogP contribution < -0.4 is 5.73 Å². The Hall–Kier alpha value is -2.03. The summed E-state index contributed by atoms with van der Waals surface area (Å²) in [5.41, 5.74) is 7.09. The largest absolute Gasteiger partial charge is 0.508 e. The van der Waals surface area contributed by atoms with Gasteiger partial charge in [-0.2, -0.15) is 0 Å². The lowest BCUT2D eigenvalue weighted by Gasteiger charge is -2.06. The second kappa shape index (κ2) is 3.61. The van der Waals surface area contributed by atoms with Crippen molar-refractivity contribution in [3.05, 3.63) is 48.3 Å². The SMILES string of the molecule is Nc1cc(O)ccc1-c1ccccc1F. The van der Waals surface area contributed by atoms with Gasteiger partial charge in [-0.25, -0.2) is 4.39 Å². The van der Waals surface area contributed by atoms with E-state index in [0.717, 1.165) is 0 Å². The molecule has 3 heteroatoms. The van der Waals surface area contributed by atoms with E-state index in [1.54, 1.807) is 24.3 Å². The van der Waals surface area contributed by atoms with Crippen LogP contribution in [-0.2, 0) is 0 Å². The highest BCUT2D eigenvalue weighted by molar-refractivity contribution is 5.77. The van der Waals surface area contributed by atoms with Crippen molar-refractivity contribution in [1.29, 1.82) is 0 Å². The third kappa shape index (κ3) is 1.76. The fourth-order valence-corrected chi connectivity index (χ4v) is 1.48. The topological polar surface area (TPSA) is 46.2 Å². The van der Waals surface area contributed by atoms with Crippen LogP contribution >= 0.6 is 0 Å². The summed E-state index contributed by atoms with van der Waals surface area (Å²) >= 11 is 0. The molecule has 0 saturated carbocycles. The van der Waals surface area contributed by atoms with Gasteiger partial charge in [0.05, 0.1) is 0 Å². The molecule has 0 aromatic heterocycles. The zero-order valence-electron chi connectivity index (χ0n) is 7.94. The molecule has 0 aliphatic carbocycles. The molecule has 0 saturated heterocycles. The van der Waals surface area contributed by atoms with E-state index >= 15 is 0 Å². The number of hydrogen-bond donors (Lipinski definition) is 2. The van der Waals surface area contributed by atoms with E-state index in [1.165, 1.54) is 18.2 Å². The van der Waals surface area contributed by atoms with Gasteiger partial charge in [0.15, 0.2) is 0 Å². The van der Waals surface area contributed by atoms with Crippen molar-refractivity contribution >= 4 is 5.69 Å². The molecular weight excluding hydrogens is 193 g/mol. The number of phenols is 1. The van der Waals surface area contributed by atoms with Gasteiger partial charge in [-0.3, -0.25) is 0 Å². The van der Waals surface area contributed by atoms with Gasteiger partial charge in [0.1, 0.15) is 11.6 Å². The van der Waals surface area contributed by atoms with Crippen molar-refractivity contribution in [3.63, 3.8) is 0 Å². The first-order chi connectivity index (χ1) is 7.18. The van der Waals surface area contributed by atoms with E-state index in [9.17, 15) is 9.50 Å². The molecule has 0 bridgehead atoms. The quantitative estimate of drug-likeness (QED) is 0.700. The molecule has 0 amide bonds. The van der Waals surface area contributed by atoms with E-state index in [1.807, 2.05) is 0 Å². The monoisotopic (exact) mass is 203 g/mol. The summed E-state index contributed by atoms with van der Waals surface area (Å²) in [5, 5.41) is 9.18. The molecule has 3 N–H and O–H groups in total. The molecular formula is C12H10FNO. The van der Waals surface area contributed by atoms with E-state index in [2.05, 4.69) is 0 Å². The minimum Gasteiger partial charge on any atom is -0.508 e. The highest BCUT2D eigenvalue weighted by atomic mass is 19.1. The van der Waals surface area contributed by atoms with E-state index in [-0.39, 0.29) is 11.6 Å². The highest BCUT2D eigenvalue weighted by Crippen LogP contribution is 2.30. The van der Waals surface area contributed by atoms with Gasteiger partial charge in [0, 0.05) is 22.9 Å². The smallest absolute Gasteiger partial charge is 0.131 e. The minimum absolute atomic E-state index is 0.0765. The van der Waals surface area contributed by atoms with Crippen LogP contribution in [0.4, 0.5) is 10.1 Å². The predicted octanol–water partition coefficient (Wildman–Crippen LogP) is 2.78. The lowest BCUT2D eigenvalue weighted by molar-refractivity contribution is 0.475. The second-order valence-corrected chi connectivity index (χ2v) is 3.25. The third-order valence-electron chi connectivity index (χ3n) is 2.20. The molecule has 0 aliphatic rings. The lowest BCUT2D eigenvalue weighted by Crippen LogP contribution is -1.91. The van der Waals surface area contributed by atoms with Crippen LogP contribution in [0.15, 0.2) is 42.5 Å². The Kier molecular flexibility index (Phi) is 2.29. The van der Waals surface area contributed by atoms with Crippen LogP contribution in [-0.4, -0.2) is 5.11 Å². The number of benzene rings is 2. The Bertz CT molecular complexity index is 497. The Morgan fingerprint density at radius 1 is 1.00 bits per heavy atom. The average Bonchev–Trinajstić information content (AvgIpc) is 2.20. The number of nitrogens with two attached hydrogens (primary N) is 1. The average molecular weight is 203 g/mol. The molecule has 0 atom stereocenters. The molecule has 2 rings (SSSR count). The fourth-order valence-electron chi connectivity index (χ4n) is 1.48. The van der Waals surface area contributed by atoms with Crippen molar-refractivity contribution in [2.24, 2.45) is 0 Å². The number of phenolic OH excluding ortho intramolecular Hbond substituents is 1. The molecule has 2 nitrogen and oxygen atoms in total. The maximum atomic E-state index is 13.4. The molecule has 2 aromatic carbocycles. The number of anilines is 1. The summed E-state index contributed by atoms with van der Waals surface area (Å²) in [5.74, 6) is -0.248. The van der Waals surface area contributed by atoms with E-state index < -0.39 is 0 Å². The Labute approximate surface area is 86.8 Å². The number of rotatable bonds is 1. The zero-order valence-corrected chi connectivity index (χ0v) is 7.94. The number of halogens is 1. The second-order valence-electron chi connectivity index (χ2n) is 3.25. The van der Waals surface area contributed by atoms with Crippen LogP contribution in [0.3, 0.4) is 0 Å².